The molecule has 0 bridgehead atoms. The Kier molecular flexibility index (Phi) is 4.21. The first-order valence-corrected chi connectivity index (χ1v) is 6.31. The van der Waals surface area contributed by atoms with Gasteiger partial charge in [-0.1, -0.05) is 42.5 Å². The summed E-state index contributed by atoms with van der Waals surface area (Å²) in [4.78, 5) is 11.1. The van der Waals surface area contributed by atoms with E-state index in [2.05, 4.69) is 0 Å². The van der Waals surface area contributed by atoms with Gasteiger partial charge in [-0.3, -0.25) is 0 Å². The van der Waals surface area contributed by atoms with Crippen molar-refractivity contribution >= 4 is 5.97 Å². The van der Waals surface area contributed by atoms with Crippen LogP contribution in [0.4, 0.5) is 8.78 Å². The smallest absolute Gasteiger partial charge is 0.339 e. The highest BCUT2D eigenvalue weighted by atomic mass is 19.3. The fourth-order valence-electron chi connectivity index (χ4n) is 1.94. The number of aryl methyl sites for hydroxylation is 1. The Labute approximate surface area is 120 Å². The van der Waals surface area contributed by atoms with E-state index in [1.807, 2.05) is 0 Å². The Balaban J connectivity index is 2.22. The van der Waals surface area contributed by atoms with Crippen molar-refractivity contribution in [3.63, 3.8) is 0 Å². The first kappa shape index (κ1) is 15.0. The van der Waals surface area contributed by atoms with Crippen LogP contribution in [0.15, 0.2) is 48.5 Å². The molecule has 0 saturated carbocycles. The number of rotatable bonds is 5. The third-order valence-corrected chi connectivity index (χ3v) is 3.04. The second-order valence-corrected chi connectivity index (χ2v) is 4.62. The van der Waals surface area contributed by atoms with Crippen LogP contribution in [0, 0.1) is 6.92 Å². The molecule has 1 N–H and O–H groups in total. The number of carboxylic acid groups (broad SMARTS) is 1. The number of halogens is 2. The van der Waals surface area contributed by atoms with Crippen LogP contribution in [-0.2, 0) is 5.92 Å². The molecular weight excluding hydrogens is 278 g/mol. The molecule has 0 amide bonds. The molecule has 0 aliphatic carbocycles. The number of carbonyl (C=O) groups is 1. The van der Waals surface area contributed by atoms with Gasteiger partial charge in [-0.05, 0) is 18.6 Å². The van der Waals surface area contributed by atoms with Gasteiger partial charge in [0.2, 0.25) is 0 Å². The summed E-state index contributed by atoms with van der Waals surface area (Å²) >= 11 is 0. The lowest BCUT2D eigenvalue weighted by atomic mass is 10.1. The highest BCUT2D eigenvalue weighted by molar-refractivity contribution is 5.91. The maximum absolute atomic E-state index is 14.0. The van der Waals surface area contributed by atoms with Gasteiger partial charge in [0.05, 0.1) is 0 Å². The van der Waals surface area contributed by atoms with Crippen LogP contribution >= 0.6 is 0 Å². The van der Waals surface area contributed by atoms with E-state index in [1.54, 1.807) is 25.1 Å². The van der Waals surface area contributed by atoms with Gasteiger partial charge in [-0.2, -0.15) is 8.78 Å². The van der Waals surface area contributed by atoms with E-state index in [0.29, 0.717) is 5.56 Å². The van der Waals surface area contributed by atoms with Gasteiger partial charge in [0.25, 0.3) is 0 Å². The third-order valence-electron chi connectivity index (χ3n) is 3.04. The fraction of sp³-hybridized carbons (Fsp3) is 0.188. The summed E-state index contributed by atoms with van der Waals surface area (Å²) < 4.78 is 33.2. The van der Waals surface area contributed by atoms with Crippen LogP contribution in [0.3, 0.4) is 0 Å². The van der Waals surface area contributed by atoms with Crippen LogP contribution in [-0.4, -0.2) is 17.7 Å². The van der Waals surface area contributed by atoms with Gasteiger partial charge in [-0.15, -0.1) is 0 Å². The molecule has 0 radical (unpaired) electrons. The van der Waals surface area contributed by atoms with Crippen molar-refractivity contribution in [2.24, 2.45) is 0 Å². The van der Waals surface area contributed by atoms with Crippen LogP contribution in [0.25, 0.3) is 0 Å². The van der Waals surface area contributed by atoms with Crippen molar-refractivity contribution in [1.82, 2.24) is 0 Å². The van der Waals surface area contributed by atoms with Gasteiger partial charge in [0, 0.05) is 5.56 Å². The molecule has 110 valence electrons. The average molecular weight is 292 g/mol. The number of benzene rings is 2. The summed E-state index contributed by atoms with van der Waals surface area (Å²) in [5, 5.41) is 9.07. The Bertz CT molecular complexity index is 639. The largest absolute Gasteiger partial charge is 0.486 e. The summed E-state index contributed by atoms with van der Waals surface area (Å²) in [5.74, 6) is -4.43. The summed E-state index contributed by atoms with van der Waals surface area (Å²) in [5.41, 5.74) is 0.202. The number of hydrogen-bond acceptors (Lipinski definition) is 2. The van der Waals surface area contributed by atoms with E-state index in [-0.39, 0.29) is 16.9 Å². The molecule has 2 aromatic carbocycles. The summed E-state index contributed by atoms with van der Waals surface area (Å²) in [7, 11) is 0. The van der Waals surface area contributed by atoms with E-state index in [1.165, 1.54) is 30.3 Å². The standard InChI is InChI=1S/C16H14F2O3/c1-11-6-5-9-13(15(19)20)14(11)21-10-16(17,18)12-7-3-2-4-8-12/h2-9H,10H2,1H3,(H,19,20). The minimum Gasteiger partial charge on any atom is -0.486 e. The Morgan fingerprint density at radius 3 is 2.43 bits per heavy atom. The van der Waals surface area contributed by atoms with Crippen molar-refractivity contribution in [1.29, 1.82) is 0 Å². The normalized spacial score (nSPS) is 11.2. The van der Waals surface area contributed by atoms with Crippen LogP contribution in [0.5, 0.6) is 5.75 Å². The Morgan fingerprint density at radius 1 is 1.14 bits per heavy atom. The number of alkyl halides is 2. The number of ether oxygens (including phenoxy) is 1. The first-order valence-electron chi connectivity index (χ1n) is 6.31. The van der Waals surface area contributed by atoms with Crippen molar-refractivity contribution in [2.45, 2.75) is 12.8 Å². The maximum atomic E-state index is 14.0. The van der Waals surface area contributed by atoms with Crippen LogP contribution in [0.1, 0.15) is 21.5 Å². The summed E-state index contributed by atoms with van der Waals surface area (Å²) in [6.45, 7) is 0.699. The molecule has 0 aliphatic heterocycles. The second kappa shape index (κ2) is 5.91. The van der Waals surface area contributed by atoms with E-state index < -0.39 is 18.5 Å². The van der Waals surface area contributed by atoms with E-state index in [9.17, 15) is 13.6 Å². The lowest BCUT2D eigenvalue weighted by molar-refractivity contribution is -0.0471. The lowest BCUT2D eigenvalue weighted by Crippen LogP contribution is -2.24. The molecule has 3 nitrogen and oxygen atoms in total. The first-order chi connectivity index (χ1) is 9.92. The molecular formula is C16H14F2O3. The number of para-hydroxylation sites is 1. The third kappa shape index (κ3) is 3.37. The molecule has 2 rings (SSSR count). The Morgan fingerprint density at radius 2 is 1.81 bits per heavy atom. The molecule has 0 unspecified atom stereocenters. The quantitative estimate of drug-likeness (QED) is 0.910. The minimum atomic E-state index is -3.20. The predicted octanol–water partition coefficient (Wildman–Crippen LogP) is 3.86. The van der Waals surface area contributed by atoms with Gasteiger partial charge in [-0.25, -0.2) is 4.79 Å². The summed E-state index contributed by atoms with van der Waals surface area (Å²) in [6.07, 6.45) is 0. The molecule has 0 spiro atoms. The molecule has 21 heavy (non-hydrogen) atoms. The van der Waals surface area contributed by atoms with E-state index in [4.69, 9.17) is 9.84 Å². The molecule has 0 saturated heterocycles. The molecule has 5 heteroatoms. The fourth-order valence-corrected chi connectivity index (χ4v) is 1.94. The average Bonchev–Trinajstić information content (AvgIpc) is 2.46. The SMILES string of the molecule is Cc1cccc(C(=O)O)c1OCC(F)(F)c1ccccc1. The van der Waals surface area contributed by atoms with E-state index in [0.717, 1.165) is 0 Å². The highest BCUT2D eigenvalue weighted by Crippen LogP contribution is 2.31. The van der Waals surface area contributed by atoms with Crippen molar-refractivity contribution in [2.75, 3.05) is 6.61 Å². The van der Waals surface area contributed by atoms with Crippen LogP contribution < -0.4 is 4.74 Å². The zero-order valence-corrected chi connectivity index (χ0v) is 11.3. The zero-order chi connectivity index (χ0) is 15.5. The topological polar surface area (TPSA) is 46.5 Å². The van der Waals surface area contributed by atoms with Crippen molar-refractivity contribution in [3.05, 3.63) is 65.2 Å². The number of hydrogen-bond donors (Lipinski definition) is 1. The van der Waals surface area contributed by atoms with Crippen molar-refractivity contribution < 1.29 is 23.4 Å². The zero-order valence-electron chi connectivity index (χ0n) is 11.3. The van der Waals surface area contributed by atoms with E-state index >= 15 is 0 Å². The Hall–Kier alpha value is -2.43. The maximum Gasteiger partial charge on any atom is 0.339 e. The molecule has 0 heterocycles. The molecule has 0 atom stereocenters. The van der Waals surface area contributed by atoms with Gasteiger partial charge >= 0.3 is 11.9 Å². The molecule has 0 aliphatic rings. The summed E-state index contributed by atoms with van der Waals surface area (Å²) in [6, 6.07) is 11.8. The lowest BCUT2D eigenvalue weighted by Gasteiger charge is -2.19. The van der Waals surface area contributed by atoms with Gasteiger partial charge in [0.1, 0.15) is 11.3 Å². The minimum absolute atomic E-state index is 0.0272. The number of aromatic carboxylic acids is 1. The van der Waals surface area contributed by atoms with Crippen LogP contribution in [0.2, 0.25) is 0 Å². The molecule has 0 aromatic heterocycles. The predicted molar refractivity (Wildman–Crippen MR) is 74.0 cm³/mol. The highest BCUT2D eigenvalue weighted by Gasteiger charge is 2.33. The molecule has 2 aromatic rings. The van der Waals surface area contributed by atoms with Gasteiger partial charge in [0.15, 0.2) is 6.61 Å². The van der Waals surface area contributed by atoms with Gasteiger partial charge < -0.3 is 9.84 Å². The monoisotopic (exact) mass is 292 g/mol. The van der Waals surface area contributed by atoms with Crippen molar-refractivity contribution in [3.8, 4) is 5.75 Å². The molecule has 0 fully saturated rings. The second-order valence-electron chi connectivity index (χ2n) is 4.62. The number of carboxylic acids is 1.